The van der Waals surface area contributed by atoms with Crippen molar-refractivity contribution in [1.82, 2.24) is 15.1 Å². The highest BCUT2D eigenvalue weighted by Crippen LogP contribution is 2.30. The number of anilines is 1. The Balaban J connectivity index is 1.53. The van der Waals surface area contributed by atoms with Gasteiger partial charge < -0.3 is 9.29 Å². The summed E-state index contributed by atoms with van der Waals surface area (Å²) < 4.78 is 33.3. The maximum absolute atomic E-state index is 12.5. The summed E-state index contributed by atoms with van der Waals surface area (Å²) in [5.41, 5.74) is 3.73. The van der Waals surface area contributed by atoms with Gasteiger partial charge in [0.05, 0.1) is 0 Å². The van der Waals surface area contributed by atoms with E-state index in [1.807, 2.05) is 6.07 Å². The van der Waals surface area contributed by atoms with Crippen molar-refractivity contribution in [3.63, 3.8) is 0 Å². The van der Waals surface area contributed by atoms with Crippen LogP contribution in [-0.4, -0.2) is 32.8 Å². The Labute approximate surface area is 160 Å². The summed E-state index contributed by atoms with van der Waals surface area (Å²) >= 11 is 2.81. The van der Waals surface area contributed by atoms with Crippen LogP contribution in [0.4, 0.5) is 5.13 Å². The van der Waals surface area contributed by atoms with Crippen LogP contribution in [0.25, 0.3) is 0 Å². The van der Waals surface area contributed by atoms with Crippen LogP contribution >= 0.6 is 22.7 Å². The number of nitrogens with zero attached hydrogens (tertiary/aromatic N) is 3. The molecule has 1 N–H and O–H groups in total. The standard InChI is InChI=1S/C16H16N4O3S3/c21-26(22,19-16-18-17-11-25-16)14-2-1-13-9-20(4-5-23-15(13)7-14)8-12-3-6-24-10-12/h1-3,6-7,10-11H,4-5,8-9H2,(H-,18,19,21,22). The SMILES string of the molecule is O=[S+]([O-])(Nc1nncs1)c1ccc2c(c1)OCCN(Cc1ccsc1)C2. The fourth-order valence-corrected chi connectivity index (χ4v) is 5.11. The lowest BCUT2D eigenvalue weighted by Gasteiger charge is -2.18. The molecule has 1 atom stereocenters. The van der Waals surface area contributed by atoms with Crippen molar-refractivity contribution >= 4 is 38.2 Å². The highest BCUT2D eigenvalue weighted by molar-refractivity contribution is 7.99. The second kappa shape index (κ2) is 7.41. The van der Waals surface area contributed by atoms with E-state index in [0.29, 0.717) is 12.4 Å². The maximum Gasteiger partial charge on any atom is 0.247 e. The van der Waals surface area contributed by atoms with E-state index in [0.717, 1.165) is 36.5 Å². The summed E-state index contributed by atoms with van der Waals surface area (Å²) in [4.78, 5) is 2.44. The molecule has 1 unspecified atom stereocenters. The van der Waals surface area contributed by atoms with Crippen molar-refractivity contribution in [2.45, 2.75) is 18.0 Å². The van der Waals surface area contributed by atoms with Gasteiger partial charge in [-0.1, -0.05) is 15.5 Å². The third kappa shape index (κ3) is 3.94. The molecule has 0 saturated heterocycles. The minimum Gasteiger partial charge on any atom is -0.588 e. The largest absolute Gasteiger partial charge is 0.588 e. The lowest BCUT2D eigenvalue weighted by Crippen LogP contribution is -2.25. The van der Waals surface area contributed by atoms with Gasteiger partial charge in [0.2, 0.25) is 5.13 Å². The Bertz CT molecular complexity index is 915. The van der Waals surface area contributed by atoms with E-state index >= 15 is 0 Å². The molecular formula is C16H16N4O3S3. The predicted octanol–water partition coefficient (Wildman–Crippen LogP) is 3.01. The molecule has 0 saturated carbocycles. The van der Waals surface area contributed by atoms with Crippen LogP contribution in [0.3, 0.4) is 0 Å². The summed E-state index contributed by atoms with van der Waals surface area (Å²) in [5.74, 6) is 0.609. The zero-order valence-corrected chi connectivity index (χ0v) is 16.1. The minimum atomic E-state index is -3.72. The lowest BCUT2D eigenvalue weighted by molar-refractivity contribution is 0.220. The van der Waals surface area contributed by atoms with Gasteiger partial charge in [-0.3, -0.25) is 4.90 Å². The van der Waals surface area contributed by atoms with Crippen molar-refractivity contribution in [2.75, 3.05) is 17.9 Å². The predicted molar refractivity (Wildman–Crippen MR) is 101 cm³/mol. The number of rotatable bonds is 5. The Kier molecular flexibility index (Phi) is 5.00. The van der Waals surface area contributed by atoms with Gasteiger partial charge in [0.1, 0.15) is 17.9 Å². The van der Waals surface area contributed by atoms with Gasteiger partial charge in [-0.25, -0.2) is 0 Å². The molecule has 3 aromatic rings. The van der Waals surface area contributed by atoms with E-state index in [1.54, 1.807) is 23.5 Å². The number of fused-ring (bicyclic) bond motifs is 1. The van der Waals surface area contributed by atoms with Crippen molar-refractivity contribution in [3.05, 3.63) is 51.7 Å². The van der Waals surface area contributed by atoms with Gasteiger partial charge in [0, 0.05) is 31.3 Å². The number of aromatic nitrogens is 2. The van der Waals surface area contributed by atoms with Gasteiger partial charge >= 0.3 is 0 Å². The molecule has 0 fully saturated rings. The smallest absolute Gasteiger partial charge is 0.247 e. The molecule has 3 heterocycles. The fourth-order valence-electron chi connectivity index (χ4n) is 2.74. The van der Waals surface area contributed by atoms with Crippen molar-refractivity contribution in [1.29, 1.82) is 0 Å². The van der Waals surface area contributed by atoms with E-state index in [9.17, 15) is 8.76 Å². The molecule has 0 amide bonds. The molecule has 1 aromatic carbocycles. The zero-order chi connectivity index (χ0) is 18.0. The average molecular weight is 409 g/mol. The molecule has 10 heteroatoms. The fraction of sp³-hybridized carbons (Fsp3) is 0.250. The van der Waals surface area contributed by atoms with Gasteiger partial charge in [0.15, 0.2) is 15.3 Å². The van der Waals surface area contributed by atoms with Crippen LogP contribution < -0.4 is 9.46 Å². The first-order chi connectivity index (χ1) is 12.6. The number of sulfonamides is 1. The number of thiophene rings is 1. The third-order valence-electron chi connectivity index (χ3n) is 3.98. The highest BCUT2D eigenvalue weighted by Gasteiger charge is 2.25. The first-order valence-corrected chi connectivity index (χ1v) is 11.2. The summed E-state index contributed by atoms with van der Waals surface area (Å²) in [5, 5.41) is 11.8. The molecule has 0 radical (unpaired) electrons. The summed E-state index contributed by atoms with van der Waals surface area (Å²) in [6.45, 7) is 2.88. The van der Waals surface area contributed by atoms with E-state index in [4.69, 9.17) is 4.74 Å². The van der Waals surface area contributed by atoms with Crippen molar-refractivity contribution in [3.8, 4) is 5.75 Å². The molecule has 136 valence electrons. The normalized spacial score (nSPS) is 17.0. The van der Waals surface area contributed by atoms with Crippen molar-refractivity contribution in [2.24, 2.45) is 0 Å². The number of ether oxygens (including phenoxy) is 1. The summed E-state index contributed by atoms with van der Waals surface area (Å²) in [7, 11) is -3.72. The molecule has 0 spiro atoms. The summed E-state index contributed by atoms with van der Waals surface area (Å²) in [6, 6.07) is 7.11. The monoisotopic (exact) mass is 408 g/mol. The van der Waals surface area contributed by atoms with Crippen LogP contribution in [0.2, 0.25) is 0 Å². The topological polar surface area (TPSA) is 90.4 Å². The van der Waals surface area contributed by atoms with E-state index in [2.05, 4.69) is 36.6 Å². The van der Waals surface area contributed by atoms with Crippen LogP contribution in [0.1, 0.15) is 11.1 Å². The van der Waals surface area contributed by atoms with Gasteiger partial charge in [0.25, 0.3) is 0 Å². The average Bonchev–Trinajstić information content (AvgIpc) is 3.26. The van der Waals surface area contributed by atoms with Gasteiger partial charge in [-0.15, -0.1) is 10.2 Å². The number of hydrogen-bond acceptors (Lipinski definition) is 8. The minimum absolute atomic E-state index is 0.151. The molecule has 2 aromatic heterocycles. The van der Waals surface area contributed by atoms with Gasteiger partial charge in [-0.2, -0.15) is 16.1 Å². The Hall–Kier alpha value is -1.85. The van der Waals surface area contributed by atoms with Crippen LogP contribution in [0.5, 0.6) is 5.75 Å². The molecule has 0 aliphatic carbocycles. The van der Waals surface area contributed by atoms with Crippen molar-refractivity contribution < 1.29 is 13.5 Å². The molecule has 7 nitrogen and oxygen atoms in total. The number of benzene rings is 1. The molecular weight excluding hydrogens is 392 g/mol. The van der Waals surface area contributed by atoms with E-state index in [-0.39, 0.29) is 10.0 Å². The van der Waals surface area contributed by atoms with Crippen LogP contribution in [-0.2, 0) is 27.7 Å². The molecule has 26 heavy (non-hydrogen) atoms. The van der Waals surface area contributed by atoms with E-state index in [1.165, 1.54) is 11.1 Å². The Morgan fingerprint density at radius 3 is 3.08 bits per heavy atom. The Morgan fingerprint density at radius 1 is 1.38 bits per heavy atom. The van der Waals surface area contributed by atoms with Crippen LogP contribution in [0.15, 0.2) is 45.4 Å². The third-order valence-corrected chi connectivity index (χ3v) is 6.78. The molecule has 4 rings (SSSR count). The lowest BCUT2D eigenvalue weighted by atomic mass is 10.2. The zero-order valence-electron chi connectivity index (χ0n) is 13.7. The first kappa shape index (κ1) is 17.6. The van der Waals surface area contributed by atoms with Crippen LogP contribution in [0, 0.1) is 0 Å². The second-order valence-corrected chi connectivity index (χ2v) is 9.11. The Morgan fingerprint density at radius 2 is 2.31 bits per heavy atom. The molecule has 0 bridgehead atoms. The highest BCUT2D eigenvalue weighted by atomic mass is 32.3. The first-order valence-electron chi connectivity index (χ1n) is 7.88. The number of hydrogen-bond donors (Lipinski definition) is 1. The maximum atomic E-state index is 12.5. The van der Waals surface area contributed by atoms with E-state index < -0.39 is 10.4 Å². The quantitative estimate of drug-likeness (QED) is 0.653. The van der Waals surface area contributed by atoms with Gasteiger partial charge in [-0.05, 0) is 34.5 Å². The summed E-state index contributed by atoms with van der Waals surface area (Å²) in [6.07, 6.45) is 0. The molecule has 1 aliphatic rings. The number of nitrogens with one attached hydrogen (secondary N) is 1. The molecule has 1 aliphatic heterocycles. The second-order valence-electron chi connectivity index (χ2n) is 5.81.